The molecule has 0 unspecified atom stereocenters. The zero-order chi connectivity index (χ0) is 12.0. The zero-order valence-electron chi connectivity index (χ0n) is 10.4. The van der Waals surface area contributed by atoms with Gasteiger partial charge in [0, 0.05) is 10.9 Å². The van der Waals surface area contributed by atoms with Crippen LogP contribution < -0.4 is 5.63 Å². The van der Waals surface area contributed by atoms with Crippen LogP contribution in [0.25, 0.3) is 11.0 Å². The normalized spacial score (nSPS) is 11.1. The minimum atomic E-state index is -0.229. The molecule has 1 aromatic carbocycles. The maximum atomic E-state index is 11.6. The zero-order valence-corrected chi connectivity index (χ0v) is 10.4. The van der Waals surface area contributed by atoms with E-state index in [1.165, 1.54) is 11.1 Å². The molecule has 0 saturated heterocycles. The summed E-state index contributed by atoms with van der Waals surface area (Å²) in [7, 11) is 0. The van der Waals surface area contributed by atoms with E-state index in [0.717, 1.165) is 16.5 Å². The molecule has 2 nitrogen and oxygen atoms in total. The molecule has 0 spiro atoms. The molecule has 0 aliphatic rings. The van der Waals surface area contributed by atoms with E-state index in [2.05, 4.69) is 13.8 Å². The Labute approximate surface area is 94.9 Å². The Kier molecular flexibility index (Phi) is 2.38. The summed E-state index contributed by atoms with van der Waals surface area (Å²) in [6.45, 7) is 10.0. The minimum absolute atomic E-state index is 0.229. The average Bonchev–Trinajstić information content (AvgIpc) is 2.23. The largest absolute Gasteiger partial charge is 0.422 e. The second kappa shape index (κ2) is 3.48. The van der Waals surface area contributed by atoms with E-state index in [0.29, 0.717) is 11.1 Å². The third-order valence-corrected chi connectivity index (χ3v) is 3.57. The third kappa shape index (κ3) is 1.37. The molecule has 0 saturated carbocycles. The van der Waals surface area contributed by atoms with E-state index in [1.54, 1.807) is 0 Å². The van der Waals surface area contributed by atoms with Crippen molar-refractivity contribution in [2.45, 2.75) is 34.6 Å². The van der Waals surface area contributed by atoms with Crippen molar-refractivity contribution in [3.63, 3.8) is 0 Å². The lowest BCUT2D eigenvalue weighted by molar-refractivity contribution is 0.553. The summed E-state index contributed by atoms with van der Waals surface area (Å²) in [6, 6.07) is 1.95. The fourth-order valence-electron chi connectivity index (χ4n) is 2.11. The Hall–Kier alpha value is -1.57. The Morgan fingerprint density at radius 3 is 2.06 bits per heavy atom. The summed E-state index contributed by atoms with van der Waals surface area (Å²) in [6.07, 6.45) is 0. The van der Waals surface area contributed by atoms with Crippen LogP contribution in [0.15, 0.2) is 15.3 Å². The van der Waals surface area contributed by atoms with E-state index in [1.807, 2.05) is 26.8 Å². The number of benzene rings is 1. The standard InChI is InChI=1S/C14H16O2/c1-7-6-12-13(9(3)8(7)2)10(4)11(5)14(15)16-12/h6H,1-5H3. The van der Waals surface area contributed by atoms with Crippen LogP contribution in [0.1, 0.15) is 27.8 Å². The van der Waals surface area contributed by atoms with Crippen molar-refractivity contribution in [2.24, 2.45) is 0 Å². The van der Waals surface area contributed by atoms with Gasteiger partial charge in [-0.25, -0.2) is 4.79 Å². The summed E-state index contributed by atoms with van der Waals surface area (Å²) >= 11 is 0. The first-order chi connectivity index (χ1) is 7.43. The Balaban J connectivity index is 3.09. The first-order valence-corrected chi connectivity index (χ1v) is 5.44. The molecule has 16 heavy (non-hydrogen) atoms. The van der Waals surface area contributed by atoms with Crippen LogP contribution in [-0.2, 0) is 0 Å². The summed E-state index contributed by atoms with van der Waals surface area (Å²) in [5.74, 6) is 0. The lowest BCUT2D eigenvalue weighted by Crippen LogP contribution is -2.07. The quantitative estimate of drug-likeness (QED) is 0.632. The molecular formula is C14H16O2. The fourth-order valence-corrected chi connectivity index (χ4v) is 2.11. The van der Waals surface area contributed by atoms with E-state index in [9.17, 15) is 4.79 Å². The monoisotopic (exact) mass is 216 g/mol. The van der Waals surface area contributed by atoms with Crippen molar-refractivity contribution in [1.29, 1.82) is 0 Å². The number of fused-ring (bicyclic) bond motifs is 1. The fraction of sp³-hybridized carbons (Fsp3) is 0.357. The van der Waals surface area contributed by atoms with Gasteiger partial charge in [-0.05, 0) is 62.9 Å². The van der Waals surface area contributed by atoms with Crippen LogP contribution in [0.2, 0.25) is 0 Å². The number of hydrogen-bond acceptors (Lipinski definition) is 2. The smallest absolute Gasteiger partial charge is 0.339 e. The lowest BCUT2D eigenvalue weighted by Gasteiger charge is -2.11. The van der Waals surface area contributed by atoms with Crippen LogP contribution in [-0.4, -0.2) is 0 Å². The van der Waals surface area contributed by atoms with Gasteiger partial charge in [0.05, 0.1) is 0 Å². The maximum Gasteiger partial charge on any atom is 0.339 e. The van der Waals surface area contributed by atoms with Crippen LogP contribution >= 0.6 is 0 Å². The minimum Gasteiger partial charge on any atom is -0.422 e. The predicted octanol–water partition coefficient (Wildman–Crippen LogP) is 3.34. The summed E-state index contributed by atoms with van der Waals surface area (Å²) in [4.78, 5) is 11.6. The molecule has 0 fully saturated rings. The van der Waals surface area contributed by atoms with Crippen molar-refractivity contribution in [3.05, 3.63) is 44.3 Å². The van der Waals surface area contributed by atoms with Gasteiger partial charge in [0.2, 0.25) is 0 Å². The predicted molar refractivity (Wildman–Crippen MR) is 66.2 cm³/mol. The summed E-state index contributed by atoms with van der Waals surface area (Å²) in [5.41, 5.74) is 5.85. The Bertz CT molecular complexity index is 633. The first kappa shape index (κ1) is 10.9. The van der Waals surface area contributed by atoms with Gasteiger partial charge in [-0.1, -0.05) is 0 Å². The molecule has 0 aliphatic heterocycles. The van der Waals surface area contributed by atoms with Crippen LogP contribution in [0.3, 0.4) is 0 Å². The molecular weight excluding hydrogens is 200 g/mol. The molecule has 0 N–H and O–H groups in total. The van der Waals surface area contributed by atoms with Crippen molar-refractivity contribution >= 4 is 11.0 Å². The lowest BCUT2D eigenvalue weighted by atomic mass is 9.96. The number of rotatable bonds is 0. The molecule has 1 aromatic heterocycles. The highest BCUT2D eigenvalue weighted by Gasteiger charge is 2.12. The second-order valence-electron chi connectivity index (χ2n) is 4.46. The molecule has 84 valence electrons. The molecule has 0 aliphatic carbocycles. The van der Waals surface area contributed by atoms with Gasteiger partial charge in [0.1, 0.15) is 5.58 Å². The molecule has 2 aromatic rings. The van der Waals surface area contributed by atoms with E-state index >= 15 is 0 Å². The van der Waals surface area contributed by atoms with Gasteiger partial charge < -0.3 is 4.42 Å². The molecule has 0 amide bonds. The van der Waals surface area contributed by atoms with Gasteiger partial charge in [-0.3, -0.25) is 0 Å². The highest BCUT2D eigenvalue weighted by Crippen LogP contribution is 2.27. The van der Waals surface area contributed by atoms with Gasteiger partial charge in [-0.2, -0.15) is 0 Å². The van der Waals surface area contributed by atoms with Gasteiger partial charge >= 0.3 is 5.63 Å². The number of hydrogen-bond donors (Lipinski definition) is 0. The Morgan fingerprint density at radius 1 is 0.875 bits per heavy atom. The van der Waals surface area contributed by atoms with Crippen molar-refractivity contribution < 1.29 is 4.42 Å². The Morgan fingerprint density at radius 2 is 1.44 bits per heavy atom. The van der Waals surface area contributed by atoms with E-state index in [-0.39, 0.29) is 5.63 Å². The van der Waals surface area contributed by atoms with Crippen molar-refractivity contribution in [3.8, 4) is 0 Å². The topological polar surface area (TPSA) is 30.2 Å². The van der Waals surface area contributed by atoms with Crippen LogP contribution in [0, 0.1) is 34.6 Å². The van der Waals surface area contributed by atoms with Gasteiger partial charge in [0.15, 0.2) is 0 Å². The van der Waals surface area contributed by atoms with Crippen LogP contribution in [0.5, 0.6) is 0 Å². The van der Waals surface area contributed by atoms with Crippen molar-refractivity contribution in [1.82, 2.24) is 0 Å². The number of aryl methyl sites for hydroxylation is 3. The average molecular weight is 216 g/mol. The molecule has 1 heterocycles. The highest BCUT2D eigenvalue weighted by molar-refractivity contribution is 5.86. The second-order valence-corrected chi connectivity index (χ2v) is 4.46. The van der Waals surface area contributed by atoms with Gasteiger partial charge in [0.25, 0.3) is 0 Å². The molecule has 0 bridgehead atoms. The summed E-state index contributed by atoms with van der Waals surface area (Å²) < 4.78 is 5.33. The van der Waals surface area contributed by atoms with Crippen LogP contribution in [0.4, 0.5) is 0 Å². The highest BCUT2D eigenvalue weighted by atomic mass is 16.4. The maximum absolute atomic E-state index is 11.6. The molecule has 0 radical (unpaired) electrons. The third-order valence-electron chi connectivity index (χ3n) is 3.57. The van der Waals surface area contributed by atoms with Crippen molar-refractivity contribution in [2.75, 3.05) is 0 Å². The van der Waals surface area contributed by atoms with Gasteiger partial charge in [-0.15, -0.1) is 0 Å². The molecule has 2 rings (SSSR count). The molecule has 2 heteroatoms. The SMILES string of the molecule is Cc1cc2oc(=O)c(C)c(C)c2c(C)c1C. The first-order valence-electron chi connectivity index (χ1n) is 5.44. The molecule has 0 atom stereocenters. The summed E-state index contributed by atoms with van der Waals surface area (Å²) in [5, 5.41) is 1.08. The van der Waals surface area contributed by atoms with E-state index in [4.69, 9.17) is 4.42 Å². The van der Waals surface area contributed by atoms with E-state index < -0.39 is 0 Å².